The van der Waals surface area contributed by atoms with Gasteiger partial charge >= 0.3 is 0 Å². The second-order valence-electron chi connectivity index (χ2n) is 5.38. The molecule has 2 aromatic carbocycles. The van der Waals surface area contributed by atoms with E-state index in [-0.39, 0.29) is 11.7 Å². The summed E-state index contributed by atoms with van der Waals surface area (Å²) in [4.78, 5) is 12.4. The van der Waals surface area contributed by atoms with E-state index in [2.05, 4.69) is 12.2 Å². The van der Waals surface area contributed by atoms with Crippen molar-refractivity contribution < 1.29 is 18.7 Å². The van der Waals surface area contributed by atoms with Crippen molar-refractivity contribution in [2.24, 2.45) is 0 Å². The predicted octanol–water partition coefficient (Wildman–Crippen LogP) is 5.31. The van der Waals surface area contributed by atoms with Gasteiger partial charge in [-0.3, -0.25) is 4.79 Å². The van der Waals surface area contributed by atoms with Crippen LogP contribution in [0.4, 0.5) is 10.1 Å². The number of hydrogen-bond donors (Lipinski definition) is 1. The maximum atomic E-state index is 12.9. The summed E-state index contributed by atoms with van der Waals surface area (Å²) in [5.74, 6) is 0.133. The van der Waals surface area contributed by atoms with Crippen LogP contribution in [0.5, 0.6) is 11.5 Å². The second kappa shape index (κ2) is 9.28. The first-order valence-corrected chi connectivity index (χ1v) is 8.59. The van der Waals surface area contributed by atoms with Crippen LogP contribution in [0.15, 0.2) is 36.4 Å². The molecule has 1 amide bonds. The standard InChI is InChI=1S/C19H21ClFNO3/c1-3-5-10-25-18-16(20)11-13(12-17(18)24-4-2)19(23)22-15-8-6-14(21)7-9-15/h6-9,11-12H,3-5,10H2,1-2H3,(H,22,23). The number of ether oxygens (including phenoxy) is 2. The highest BCUT2D eigenvalue weighted by Gasteiger charge is 2.16. The molecule has 0 fully saturated rings. The number of amides is 1. The zero-order valence-electron chi connectivity index (χ0n) is 14.3. The molecule has 0 aromatic heterocycles. The Kier molecular flexibility index (Phi) is 7.07. The number of benzene rings is 2. The molecule has 1 N–H and O–H groups in total. The first-order chi connectivity index (χ1) is 12.0. The Morgan fingerprint density at radius 2 is 1.88 bits per heavy atom. The number of anilines is 1. The fraction of sp³-hybridized carbons (Fsp3) is 0.316. The van der Waals surface area contributed by atoms with E-state index in [1.165, 1.54) is 30.3 Å². The first-order valence-electron chi connectivity index (χ1n) is 8.21. The van der Waals surface area contributed by atoms with E-state index >= 15 is 0 Å². The quantitative estimate of drug-likeness (QED) is 0.645. The van der Waals surface area contributed by atoms with Crippen LogP contribution in [-0.2, 0) is 0 Å². The highest BCUT2D eigenvalue weighted by atomic mass is 35.5. The van der Waals surface area contributed by atoms with Gasteiger partial charge in [0.1, 0.15) is 5.82 Å². The molecule has 134 valence electrons. The summed E-state index contributed by atoms with van der Waals surface area (Å²) < 4.78 is 24.2. The summed E-state index contributed by atoms with van der Waals surface area (Å²) in [6.07, 6.45) is 1.90. The van der Waals surface area contributed by atoms with Gasteiger partial charge < -0.3 is 14.8 Å². The fourth-order valence-corrected chi connectivity index (χ4v) is 2.42. The lowest BCUT2D eigenvalue weighted by Crippen LogP contribution is -2.13. The van der Waals surface area contributed by atoms with Gasteiger partial charge in [0.05, 0.1) is 18.2 Å². The van der Waals surface area contributed by atoms with Crippen LogP contribution in [0.1, 0.15) is 37.0 Å². The molecule has 0 heterocycles. The van der Waals surface area contributed by atoms with Crippen LogP contribution in [0.2, 0.25) is 5.02 Å². The molecular formula is C19H21ClFNO3. The molecule has 0 saturated heterocycles. The molecule has 0 unspecified atom stereocenters. The van der Waals surface area contributed by atoms with Crippen molar-refractivity contribution >= 4 is 23.2 Å². The van der Waals surface area contributed by atoms with E-state index in [9.17, 15) is 9.18 Å². The van der Waals surface area contributed by atoms with Gasteiger partial charge in [-0.05, 0) is 49.7 Å². The van der Waals surface area contributed by atoms with Crippen molar-refractivity contribution in [2.45, 2.75) is 26.7 Å². The minimum atomic E-state index is -0.367. The molecule has 0 aliphatic rings. The second-order valence-corrected chi connectivity index (χ2v) is 5.79. The fourth-order valence-electron chi connectivity index (χ4n) is 2.16. The zero-order chi connectivity index (χ0) is 18.2. The lowest BCUT2D eigenvalue weighted by atomic mass is 10.1. The van der Waals surface area contributed by atoms with Crippen molar-refractivity contribution in [1.82, 2.24) is 0 Å². The molecule has 0 spiro atoms. The van der Waals surface area contributed by atoms with Crippen LogP contribution in [0.25, 0.3) is 0 Å². The summed E-state index contributed by atoms with van der Waals surface area (Å²) >= 11 is 6.28. The summed E-state index contributed by atoms with van der Waals surface area (Å²) in [6, 6.07) is 8.65. The minimum absolute atomic E-state index is 0.311. The number of hydrogen-bond acceptors (Lipinski definition) is 3. The SMILES string of the molecule is CCCCOc1c(Cl)cc(C(=O)Nc2ccc(F)cc2)cc1OCC. The van der Waals surface area contributed by atoms with E-state index in [4.69, 9.17) is 21.1 Å². The van der Waals surface area contributed by atoms with Gasteiger partial charge in [-0.15, -0.1) is 0 Å². The molecule has 25 heavy (non-hydrogen) atoms. The summed E-state index contributed by atoms with van der Waals surface area (Å²) in [5.41, 5.74) is 0.823. The van der Waals surface area contributed by atoms with Gasteiger partial charge in [-0.1, -0.05) is 24.9 Å². The van der Waals surface area contributed by atoms with Gasteiger partial charge in [-0.2, -0.15) is 0 Å². The Balaban J connectivity index is 2.22. The molecule has 4 nitrogen and oxygen atoms in total. The number of halogens is 2. The number of nitrogens with one attached hydrogen (secondary N) is 1. The molecule has 2 aromatic rings. The Morgan fingerprint density at radius 3 is 2.52 bits per heavy atom. The predicted molar refractivity (Wildman–Crippen MR) is 97.4 cm³/mol. The first kappa shape index (κ1) is 19.1. The molecule has 0 radical (unpaired) electrons. The number of rotatable bonds is 8. The topological polar surface area (TPSA) is 47.6 Å². The molecule has 0 bridgehead atoms. The lowest BCUT2D eigenvalue weighted by Gasteiger charge is -2.15. The normalized spacial score (nSPS) is 10.4. The minimum Gasteiger partial charge on any atom is -0.490 e. The Morgan fingerprint density at radius 1 is 1.16 bits per heavy atom. The van der Waals surface area contributed by atoms with Crippen LogP contribution < -0.4 is 14.8 Å². The number of carbonyl (C=O) groups is 1. The van der Waals surface area contributed by atoms with Crippen LogP contribution in [0, 0.1) is 5.82 Å². The summed E-state index contributed by atoms with van der Waals surface area (Å²) in [5, 5.41) is 3.00. The van der Waals surface area contributed by atoms with E-state index in [0.29, 0.717) is 41.0 Å². The highest BCUT2D eigenvalue weighted by Crippen LogP contribution is 2.37. The molecule has 6 heteroatoms. The third-order valence-corrected chi connectivity index (χ3v) is 3.70. The zero-order valence-corrected chi connectivity index (χ0v) is 15.0. The third-order valence-electron chi connectivity index (χ3n) is 3.42. The largest absolute Gasteiger partial charge is 0.490 e. The molecule has 0 aliphatic heterocycles. The van der Waals surface area contributed by atoms with Crippen molar-refractivity contribution in [3.63, 3.8) is 0 Å². The van der Waals surface area contributed by atoms with E-state index in [1.54, 1.807) is 6.07 Å². The summed E-state index contributed by atoms with van der Waals surface area (Å²) in [7, 11) is 0. The Bertz CT molecular complexity index is 719. The van der Waals surface area contributed by atoms with E-state index in [1.807, 2.05) is 6.92 Å². The van der Waals surface area contributed by atoms with Crippen LogP contribution in [-0.4, -0.2) is 19.1 Å². The monoisotopic (exact) mass is 365 g/mol. The average molecular weight is 366 g/mol. The average Bonchev–Trinajstić information content (AvgIpc) is 2.59. The van der Waals surface area contributed by atoms with Crippen LogP contribution in [0.3, 0.4) is 0 Å². The Hall–Kier alpha value is -2.27. The number of unbranched alkanes of at least 4 members (excludes halogenated alkanes) is 1. The van der Waals surface area contributed by atoms with Crippen molar-refractivity contribution in [1.29, 1.82) is 0 Å². The highest BCUT2D eigenvalue weighted by molar-refractivity contribution is 6.32. The van der Waals surface area contributed by atoms with Gasteiger partial charge in [0, 0.05) is 11.3 Å². The Labute approximate surface area is 151 Å². The third kappa shape index (κ3) is 5.36. The van der Waals surface area contributed by atoms with E-state index in [0.717, 1.165) is 12.8 Å². The smallest absolute Gasteiger partial charge is 0.255 e. The van der Waals surface area contributed by atoms with Crippen LogP contribution >= 0.6 is 11.6 Å². The summed E-state index contributed by atoms with van der Waals surface area (Å²) in [6.45, 7) is 4.85. The lowest BCUT2D eigenvalue weighted by molar-refractivity contribution is 0.102. The molecular weight excluding hydrogens is 345 g/mol. The van der Waals surface area contributed by atoms with Crippen molar-refractivity contribution in [3.05, 3.63) is 52.8 Å². The van der Waals surface area contributed by atoms with Gasteiger partial charge in [-0.25, -0.2) is 4.39 Å². The molecule has 0 aliphatic carbocycles. The van der Waals surface area contributed by atoms with Crippen molar-refractivity contribution in [3.8, 4) is 11.5 Å². The van der Waals surface area contributed by atoms with Crippen molar-refractivity contribution in [2.75, 3.05) is 18.5 Å². The van der Waals surface area contributed by atoms with Gasteiger partial charge in [0.25, 0.3) is 5.91 Å². The van der Waals surface area contributed by atoms with Gasteiger partial charge in [0.2, 0.25) is 0 Å². The number of carbonyl (C=O) groups excluding carboxylic acids is 1. The van der Waals surface area contributed by atoms with Gasteiger partial charge in [0.15, 0.2) is 11.5 Å². The van der Waals surface area contributed by atoms with E-state index < -0.39 is 0 Å². The maximum Gasteiger partial charge on any atom is 0.255 e. The molecule has 2 rings (SSSR count). The molecule has 0 atom stereocenters. The maximum absolute atomic E-state index is 12.9. The molecule has 0 saturated carbocycles.